The van der Waals surface area contributed by atoms with Gasteiger partial charge in [-0.15, -0.1) is 0 Å². The lowest BCUT2D eigenvalue weighted by molar-refractivity contribution is 0.0180. The molecule has 2 aliphatic rings. The van der Waals surface area contributed by atoms with Gasteiger partial charge in [0.25, 0.3) is 0 Å². The molecule has 1 heterocycles. The minimum Gasteiger partial charge on any atom is -0.444 e. The molecule has 98 valence electrons. The van der Waals surface area contributed by atoms with Crippen molar-refractivity contribution in [1.29, 1.82) is 0 Å². The molecule has 1 amide bonds. The molecule has 0 aromatic rings. The van der Waals surface area contributed by atoms with Crippen LogP contribution in [-0.4, -0.2) is 40.9 Å². The normalized spacial score (nSPS) is 31.3. The minimum atomic E-state index is -0.425. The van der Waals surface area contributed by atoms with Gasteiger partial charge >= 0.3 is 6.09 Å². The molecule has 0 spiro atoms. The molecule has 1 aliphatic carbocycles. The number of hydrogen-bond donors (Lipinski definition) is 1. The molecule has 0 aromatic carbocycles. The van der Waals surface area contributed by atoms with Crippen LogP contribution in [0.25, 0.3) is 0 Å². The molecule has 4 nitrogen and oxygen atoms in total. The van der Waals surface area contributed by atoms with Gasteiger partial charge in [-0.3, -0.25) is 0 Å². The molecule has 1 saturated carbocycles. The summed E-state index contributed by atoms with van der Waals surface area (Å²) in [5.41, 5.74) is -0.425. The molecule has 0 aromatic heterocycles. The Balaban J connectivity index is 1.93. The van der Waals surface area contributed by atoms with E-state index in [0.717, 1.165) is 19.4 Å². The molecule has 17 heavy (non-hydrogen) atoms. The summed E-state index contributed by atoms with van der Waals surface area (Å²) >= 11 is 0. The third-order valence-electron chi connectivity index (χ3n) is 3.59. The number of carbonyl (C=O) groups excluding carboxylic acids is 1. The number of nitrogens with zero attached hydrogens (tertiary/aromatic N) is 1. The summed E-state index contributed by atoms with van der Waals surface area (Å²) in [5, 5.41) is 8.90. The van der Waals surface area contributed by atoms with Crippen LogP contribution in [0.4, 0.5) is 4.79 Å². The molecule has 3 atom stereocenters. The van der Waals surface area contributed by atoms with Crippen molar-refractivity contribution in [2.24, 2.45) is 11.8 Å². The topological polar surface area (TPSA) is 49.8 Å². The largest absolute Gasteiger partial charge is 0.444 e. The van der Waals surface area contributed by atoms with Crippen LogP contribution in [0, 0.1) is 11.8 Å². The molecule has 2 rings (SSSR count). The number of aliphatic hydroxyl groups excluding tert-OH is 1. The Hall–Kier alpha value is -0.770. The van der Waals surface area contributed by atoms with E-state index in [2.05, 4.69) is 0 Å². The van der Waals surface area contributed by atoms with Crippen molar-refractivity contribution in [1.82, 2.24) is 4.90 Å². The van der Waals surface area contributed by atoms with Crippen LogP contribution in [0.3, 0.4) is 0 Å². The van der Waals surface area contributed by atoms with Gasteiger partial charge in [-0.1, -0.05) is 0 Å². The monoisotopic (exact) mass is 241 g/mol. The second kappa shape index (κ2) is 4.48. The average Bonchev–Trinajstić information content (AvgIpc) is 2.87. The fourth-order valence-corrected chi connectivity index (χ4v) is 2.77. The maximum absolute atomic E-state index is 12.0. The molecule has 0 unspecified atom stereocenters. The number of ether oxygens (including phenoxy) is 1. The van der Waals surface area contributed by atoms with Crippen molar-refractivity contribution in [2.45, 2.75) is 51.7 Å². The van der Waals surface area contributed by atoms with E-state index in [1.807, 2.05) is 25.7 Å². The SMILES string of the molecule is CC(C)(C)OC(=O)N1C[C@H]2C[C@H]2[C@H]1CCCO. The van der Waals surface area contributed by atoms with Crippen molar-refractivity contribution < 1.29 is 14.6 Å². The first-order valence-electron chi connectivity index (χ1n) is 6.53. The molecule has 0 bridgehead atoms. The van der Waals surface area contributed by atoms with Gasteiger partial charge < -0.3 is 14.7 Å². The maximum Gasteiger partial charge on any atom is 0.410 e. The number of fused-ring (bicyclic) bond motifs is 1. The van der Waals surface area contributed by atoms with Gasteiger partial charge in [-0.05, 0) is 51.9 Å². The summed E-state index contributed by atoms with van der Waals surface area (Å²) in [7, 11) is 0. The smallest absolute Gasteiger partial charge is 0.410 e. The van der Waals surface area contributed by atoms with E-state index < -0.39 is 5.60 Å². The zero-order valence-corrected chi connectivity index (χ0v) is 11.0. The summed E-state index contributed by atoms with van der Waals surface area (Å²) in [5.74, 6) is 1.35. The quantitative estimate of drug-likeness (QED) is 0.822. The predicted octanol–water partition coefficient (Wildman–Crippen LogP) is 2.01. The van der Waals surface area contributed by atoms with Crippen molar-refractivity contribution >= 4 is 6.09 Å². The number of aliphatic hydroxyl groups is 1. The van der Waals surface area contributed by atoms with E-state index in [-0.39, 0.29) is 12.7 Å². The first-order valence-corrected chi connectivity index (χ1v) is 6.53. The highest BCUT2D eigenvalue weighted by Crippen LogP contribution is 2.51. The number of hydrogen-bond acceptors (Lipinski definition) is 3. The fraction of sp³-hybridized carbons (Fsp3) is 0.923. The minimum absolute atomic E-state index is 0.187. The second-order valence-corrected chi connectivity index (χ2v) is 6.23. The third kappa shape index (κ3) is 2.92. The molecule has 1 aliphatic heterocycles. The van der Waals surface area contributed by atoms with Gasteiger partial charge in [-0.2, -0.15) is 0 Å². The summed E-state index contributed by atoms with van der Waals surface area (Å²) in [6.07, 6.45) is 2.73. The average molecular weight is 241 g/mol. The van der Waals surface area contributed by atoms with Gasteiger partial charge in [0.1, 0.15) is 5.60 Å². The highest BCUT2D eigenvalue weighted by atomic mass is 16.6. The van der Waals surface area contributed by atoms with E-state index >= 15 is 0 Å². The number of carbonyl (C=O) groups is 1. The van der Waals surface area contributed by atoms with Gasteiger partial charge in [0, 0.05) is 19.2 Å². The van der Waals surface area contributed by atoms with Crippen LogP contribution in [0.1, 0.15) is 40.0 Å². The summed E-state index contributed by atoms with van der Waals surface area (Å²) in [4.78, 5) is 13.9. The molecular formula is C13H23NO3. The first-order chi connectivity index (χ1) is 7.92. The van der Waals surface area contributed by atoms with Gasteiger partial charge in [-0.25, -0.2) is 4.79 Å². The lowest BCUT2D eigenvalue weighted by atomic mass is 10.1. The van der Waals surface area contributed by atoms with E-state index in [4.69, 9.17) is 9.84 Å². The van der Waals surface area contributed by atoms with Gasteiger partial charge in [0.2, 0.25) is 0 Å². The third-order valence-corrected chi connectivity index (χ3v) is 3.59. The predicted molar refractivity (Wildman–Crippen MR) is 64.6 cm³/mol. The van der Waals surface area contributed by atoms with Crippen LogP contribution in [-0.2, 0) is 4.74 Å². The van der Waals surface area contributed by atoms with Crippen LogP contribution >= 0.6 is 0 Å². The Morgan fingerprint density at radius 2 is 2.18 bits per heavy atom. The molecule has 2 fully saturated rings. The van der Waals surface area contributed by atoms with Crippen LogP contribution in [0.5, 0.6) is 0 Å². The van der Waals surface area contributed by atoms with Gasteiger partial charge in [0.05, 0.1) is 0 Å². The number of rotatable bonds is 3. The van der Waals surface area contributed by atoms with Gasteiger partial charge in [0.15, 0.2) is 0 Å². The number of likely N-dealkylation sites (tertiary alicyclic amines) is 1. The lowest BCUT2D eigenvalue weighted by Gasteiger charge is -2.30. The molecule has 1 N–H and O–H groups in total. The fourth-order valence-electron chi connectivity index (χ4n) is 2.77. The summed E-state index contributed by atoms with van der Waals surface area (Å²) < 4.78 is 5.43. The second-order valence-electron chi connectivity index (χ2n) is 6.23. The number of amides is 1. The van der Waals surface area contributed by atoms with Crippen molar-refractivity contribution in [3.63, 3.8) is 0 Å². The molecular weight excluding hydrogens is 218 g/mol. The van der Waals surface area contributed by atoms with Crippen molar-refractivity contribution in [2.75, 3.05) is 13.2 Å². The Kier molecular flexibility index (Phi) is 3.34. The Morgan fingerprint density at radius 3 is 2.76 bits per heavy atom. The maximum atomic E-state index is 12.0. The van der Waals surface area contributed by atoms with Crippen LogP contribution in [0.15, 0.2) is 0 Å². The molecule has 0 radical (unpaired) electrons. The molecule has 1 saturated heterocycles. The zero-order valence-electron chi connectivity index (χ0n) is 11.0. The molecule has 4 heteroatoms. The lowest BCUT2D eigenvalue weighted by Crippen LogP contribution is -2.42. The Labute approximate surface area is 103 Å². The van der Waals surface area contributed by atoms with Crippen molar-refractivity contribution in [3.8, 4) is 0 Å². The highest BCUT2D eigenvalue weighted by molar-refractivity contribution is 5.69. The Bertz CT molecular complexity index is 298. The van der Waals surface area contributed by atoms with E-state index in [9.17, 15) is 4.79 Å². The standard InChI is InChI=1S/C13H23NO3/c1-13(2,3)17-12(16)14-8-9-7-10(9)11(14)5-4-6-15/h9-11,15H,4-8H2,1-3H3/t9-,10-,11-/m1/s1. The van der Waals surface area contributed by atoms with Crippen molar-refractivity contribution in [3.05, 3.63) is 0 Å². The zero-order chi connectivity index (χ0) is 12.6. The number of piperidine rings is 1. The summed E-state index contributed by atoms with van der Waals surface area (Å²) in [6.45, 7) is 6.73. The van der Waals surface area contributed by atoms with E-state index in [1.165, 1.54) is 6.42 Å². The van der Waals surface area contributed by atoms with Crippen LogP contribution in [0.2, 0.25) is 0 Å². The van der Waals surface area contributed by atoms with E-state index in [1.54, 1.807) is 0 Å². The Morgan fingerprint density at radius 1 is 1.47 bits per heavy atom. The van der Waals surface area contributed by atoms with Crippen LogP contribution < -0.4 is 0 Å². The first kappa shape index (κ1) is 12.7. The van der Waals surface area contributed by atoms with E-state index in [0.29, 0.717) is 17.9 Å². The summed E-state index contributed by atoms with van der Waals surface area (Å²) in [6, 6.07) is 0.294. The highest BCUT2D eigenvalue weighted by Gasteiger charge is 2.54.